The van der Waals surface area contributed by atoms with Gasteiger partial charge >= 0.3 is 0 Å². The van der Waals surface area contributed by atoms with E-state index in [4.69, 9.17) is 10.5 Å². The third-order valence-electron chi connectivity index (χ3n) is 7.00. The van der Waals surface area contributed by atoms with Gasteiger partial charge in [0.25, 0.3) is 11.8 Å². The fourth-order valence-electron chi connectivity index (χ4n) is 5.27. The number of ether oxygens (including phenoxy) is 1. The lowest BCUT2D eigenvalue weighted by molar-refractivity contribution is -0.124. The van der Waals surface area contributed by atoms with Gasteiger partial charge in [0.2, 0.25) is 5.91 Å². The molecule has 3 N–H and O–H groups in total. The lowest BCUT2D eigenvalue weighted by Gasteiger charge is -2.41. The maximum atomic E-state index is 13.7. The molecule has 3 aliphatic rings. The lowest BCUT2D eigenvalue weighted by Crippen LogP contribution is -2.53. The average molecular weight is 453 g/mol. The predicted octanol–water partition coefficient (Wildman–Crippen LogP) is 0.331. The topological polar surface area (TPSA) is 123 Å². The number of carbonyl (C=O) groups excluding carboxylic acids is 3. The van der Waals surface area contributed by atoms with Crippen molar-refractivity contribution in [3.8, 4) is 11.4 Å². The van der Waals surface area contributed by atoms with Gasteiger partial charge in [-0.05, 0) is 49.9 Å². The Morgan fingerprint density at radius 2 is 1.85 bits per heavy atom. The third-order valence-corrected chi connectivity index (χ3v) is 7.00. The molecule has 1 aromatic carbocycles. The second kappa shape index (κ2) is 8.51. The molecule has 0 aliphatic carbocycles. The van der Waals surface area contributed by atoms with Gasteiger partial charge in [-0.15, -0.1) is 0 Å². The number of amides is 3. The van der Waals surface area contributed by atoms with Crippen LogP contribution >= 0.6 is 0 Å². The summed E-state index contributed by atoms with van der Waals surface area (Å²) in [6.45, 7) is 2.82. The number of nitrogens with zero attached hydrogens (tertiary/aromatic N) is 4. The van der Waals surface area contributed by atoms with Crippen LogP contribution in [0.15, 0.2) is 24.3 Å². The van der Waals surface area contributed by atoms with Crippen molar-refractivity contribution in [2.24, 2.45) is 5.73 Å². The number of primary amides is 1. The Kier molecular flexibility index (Phi) is 5.53. The first-order chi connectivity index (χ1) is 16.0. The summed E-state index contributed by atoms with van der Waals surface area (Å²) in [5.74, 6) is 0.0205. The van der Waals surface area contributed by atoms with E-state index < -0.39 is 5.91 Å². The summed E-state index contributed by atoms with van der Waals surface area (Å²) in [7, 11) is 1.59. The van der Waals surface area contributed by atoms with Gasteiger partial charge in [0, 0.05) is 37.8 Å². The molecule has 10 nitrogen and oxygen atoms in total. The van der Waals surface area contributed by atoms with Crippen LogP contribution in [0.3, 0.4) is 0 Å². The van der Waals surface area contributed by atoms with E-state index in [1.165, 1.54) is 4.68 Å². The number of hydrogen-bond acceptors (Lipinski definition) is 6. The number of benzene rings is 1. The minimum Gasteiger partial charge on any atom is -0.497 e. The number of piperidine rings is 1. The SMILES string of the molecule is COc1ccc(-n2nc(C(N)=O)c3c2C(=O)N(C2CCN(C4CCNC4=O)CC2)CC3)cc1. The highest BCUT2D eigenvalue weighted by atomic mass is 16.5. The molecule has 10 heteroatoms. The van der Waals surface area contributed by atoms with Crippen LogP contribution < -0.4 is 15.8 Å². The number of carbonyl (C=O) groups is 3. The maximum Gasteiger partial charge on any atom is 0.273 e. The summed E-state index contributed by atoms with van der Waals surface area (Å²) in [4.78, 5) is 41.9. The van der Waals surface area contributed by atoms with Gasteiger partial charge in [0.15, 0.2) is 5.69 Å². The monoisotopic (exact) mass is 452 g/mol. The van der Waals surface area contributed by atoms with E-state index in [9.17, 15) is 14.4 Å². The smallest absolute Gasteiger partial charge is 0.273 e. The standard InChI is InChI=1S/C23H28N6O4/c1-33-16-4-2-15(3-5-16)29-20-17(19(26-29)21(24)30)9-13-28(23(20)32)14-7-11-27(12-8-14)18-6-10-25-22(18)31/h2-5,14,18H,6-13H2,1H3,(H2,24,30)(H,25,31). The zero-order valence-electron chi connectivity index (χ0n) is 18.6. The Bertz CT molecular complexity index is 1090. The molecular weight excluding hydrogens is 424 g/mol. The lowest BCUT2D eigenvalue weighted by atomic mass is 9.96. The second-order valence-corrected chi connectivity index (χ2v) is 8.76. The molecule has 3 aliphatic heterocycles. The molecule has 33 heavy (non-hydrogen) atoms. The van der Waals surface area contributed by atoms with Gasteiger partial charge in [0.1, 0.15) is 11.4 Å². The quantitative estimate of drug-likeness (QED) is 0.674. The van der Waals surface area contributed by atoms with Crippen LogP contribution in [0.25, 0.3) is 5.69 Å². The Balaban J connectivity index is 1.40. The highest BCUT2D eigenvalue weighted by Gasteiger charge is 2.39. The van der Waals surface area contributed by atoms with E-state index in [1.54, 1.807) is 31.4 Å². The number of nitrogens with two attached hydrogens (primary N) is 1. The Labute approximate surface area is 191 Å². The molecular formula is C23H28N6O4. The van der Waals surface area contributed by atoms with E-state index in [-0.39, 0.29) is 29.6 Å². The first kappa shape index (κ1) is 21.4. The summed E-state index contributed by atoms with van der Waals surface area (Å²) < 4.78 is 6.75. The summed E-state index contributed by atoms with van der Waals surface area (Å²) in [5, 5.41) is 7.32. The van der Waals surface area contributed by atoms with Crippen molar-refractivity contribution in [3.63, 3.8) is 0 Å². The van der Waals surface area contributed by atoms with Crippen molar-refractivity contribution in [2.45, 2.75) is 37.8 Å². The third kappa shape index (κ3) is 3.74. The summed E-state index contributed by atoms with van der Waals surface area (Å²) in [6.07, 6.45) is 2.99. The van der Waals surface area contributed by atoms with Crippen molar-refractivity contribution in [1.29, 1.82) is 0 Å². The molecule has 0 bridgehead atoms. The Morgan fingerprint density at radius 3 is 2.45 bits per heavy atom. The van der Waals surface area contributed by atoms with E-state index >= 15 is 0 Å². The fraction of sp³-hybridized carbons (Fsp3) is 0.478. The minimum atomic E-state index is -0.636. The van der Waals surface area contributed by atoms with Crippen LogP contribution in [0.5, 0.6) is 5.75 Å². The normalized spacial score (nSPS) is 21.7. The number of hydrogen-bond donors (Lipinski definition) is 2. The fourth-order valence-corrected chi connectivity index (χ4v) is 5.27. The van der Waals surface area contributed by atoms with E-state index in [2.05, 4.69) is 15.3 Å². The molecule has 5 rings (SSSR count). The molecule has 0 radical (unpaired) electrons. The number of aromatic nitrogens is 2. The van der Waals surface area contributed by atoms with E-state index in [1.807, 2.05) is 4.90 Å². The van der Waals surface area contributed by atoms with E-state index in [0.717, 1.165) is 38.9 Å². The average Bonchev–Trinajstić information content (AvgIpc) is 3.44. The van der Waals surface area contributed by atoms with Crippen LogP contribution in [-0.4, -0.2) is 82.7 Å². The Hall–Kier alpha value is -3.40. The zero-order valence-corrected chi connectivity index (χ0v) is 18.6. The number of likely N-dealkylation sites (tertiary alicyclic amines) is 1. The zero-order chi connectivity index (χ0) is 23.1. The molecule has 1 atom stereocenters. The molecule has 0 saturated carbocycles. The van der Waals surface area contributed by atoms with Crippen molar-refractivity contribution in [2.75, 3.05) is 33.3 Å². The van der Waals surface area contributed by atoms with Crippen molar-refractivity contribution >= 4 is 17.7 Å². The van der Waals surface area contributed by atoms with Crippen molar-refractivity contribution < 1.29 is 19.1 Å². The highest BCUT2D eigenvalue weighted by molar-refractivity contribution is 6.01. The second-order valence-electron chi connectivity index (χ2n) is 8.76. The van der Waals surface area contributed by atoms with Gasteiger partial charge in [-0.2, -0.15) is 5.10 Å². The summed E-state index contributed by atoms with van der Waals surface area (Å²) in [6, 6.07) is 7.20. The van der Waals surface area contributed by atoms with Gasteiger partial charge < -0.3 is 20.7 Å². The van der Waals surface area contributed by atoms with Gasteiger partial charge in [0.05, 0.1) is 18.8 Å². The van der Waals surface area contributed by atoms with Crippen LogP contribution in [-0.2, 0) is 11.2 Å². The van der Waals surface area contributed by atoms with Gasteiger partial charge in [-0.3, -0.25) is 19.3 Å². The molecule has 4 heterocycles. The Morgan fingerprint density at radius 1 is 1.12 bits per heavy atom. The van der Waals surface area contributed by atoms with Crippen molar-refractivity contribution in [1.82, 2.24) is 24.9 Å². The summed E-state index contributed by atoms with van der Waals surface area (Å²) >= 11 is 0. The van der Waals surface area contributed by atoms with Gasteiger partial charge in [-0.25, -0.2) is 4.68 Å². The van der Waals surface area contributed by atoms with Gasteiger partial charge in [-0.1, -0.05) is 0 Å². The number of nitrogens with one attached hydrogen (secondary N) is 1. The van der Waals surface area contributed by atoms with Crippen LogP contribution in [0.2, 0.25) is 0 Å². The van der Waals surface area contributed by atoms with Crippen molar-refractivity contribution in [3.05, 3.63) is 41.2 Å². The van der Waals surface area contributed by atoms with E-state index in [0.29, 0.717) is 35.7 Å². The minimum absolute atomic E-state index is 0.0516. The van der Waals surface area contributed by atoms with Crippen LogP contribution in [0.4, 0.5) is 0 Å². The first-order valence-corrected chi connectivity index (χ1v) is 11.4. The predicted molar refractivity (Wildman–Crippen MR) is 119 cm³/mol. The molecule has 1 aromatic heterocycles. The molecule has 2 saturated heterocycles. The molecule has 1 unspecified atom stereocenters. The molecule has 0 spiro atoms. The van der Waals surface area contributed by atoms with Crippen LogP contribution in [0, 0.1) is 0 Å². The highest BCUT2D eigenvalue weighted by Crippen LogP contribution is 2.30. The summed E-state index contributed by atoms with van der Waals surface area (Å²) in [5.41, 5.74) is 7.41. The number of methoxy groups -OCH3 is 1. The number of fused-ring (bicyclic) bond motifs is 1. The first-order valence-electron chi connectivity index (χ1n) is 11.4. The maximum absolute atomic E-state index is 13.7. The molecule has 3 amide bonds. The molecule has 2 aromatic rings. The molecule has 174 valence electrons. The van der Waals surface area contributed by atoms with Crippen LogP contribution in [0.1, 0.15) is 45.8 Å². The number of rotatable bonds is 5. The molecule has 2 fully saturated rings. The largest absolute Gasteiger partial charge is 0.497 e.